The van der Waals surface area contributed by atoms with Crippen molar-refractivity contribution in [3.8, 4) is 12.3 Å². The van der Waals surface area contributed by atoms with Crippen molar-refractivity contribution in [2.75, 3.05) is 13.1 Å². The van der Waals surface area contributed by atoms with Gasteiger partial charge in [0.05, 0.1) is 17.7 Å². The van der Waals surface area contributed by atoms with Gasteiger partial charge >= 0.3 is 6.03 Å². The number of hydrogen-bond acceptors (Lipinski definition) is 7. The van der Waals surface area contributed by atoms with Crippen LogP contribution in [0.25, 0.3) is 0 Å². The summed E-state index contributed by atoms with van der Waals surface area (Å²) in [6, 6.07) is 2.09. The zero-order chi connectivity index (χ0) is 36.7. The number of amides is 5. The molecule has 0 aromatic carbocycles. The molecule has 0 bridgehead atoms. The minimum atomic E-state index is -1.19. The lowest BCUT2D eigenvalue weighted by Gasteiger charge is -2.40. The zero-order valence-electron chi connectivity index (χ0n) is 30.2. The second kappa shape index (κ2) is 16.2. The third kappa shape index (κ3) is 9.50. The van der Waals surface area contributed by atoms with E-state index in [0.717, 1.165) is 37.8 Å². The Morgan fingerprint density at radius 1 is 1.14 bits per heavy atom. The number of aromatic nitrogens is 1. The second-order valence-electron chi connectivity index (χ2n) is 15.6. The highest BCUT2D eigenvalue weighted by Crippen LogP contribution is 2.43. The predicted molar refractivity (Wildman–Crippen MR) is 189 cm³/mol. The number of urea groups is 1. The van der Waals surface area contributed by atoms with Gasteiger partial charge in [-0.3, -0.25) is 24.2 Å². The maximum absolute atomic E-state index is 14.6. The quantitative estimate of drug-likeness (QED) is 0.141. The second-order valence-corrected chi connectivity index (χ2v) is 15.6. The molecular formula is C38H54N6O6. The first-order valence-electron chi connectivity index (χ1n) is 17.7. The SMILES string of the molecule is C#CCCC(NC(=O)[C@@H]1[C@H]2CC(C)(C)O[C@H]2CN1C(=O)[C@@H](NC(=O)NC1(Cc2ccccn2)CCCCC1)C(C)(C)C)C(=O)C(=O)NCC=C. The van der Waals surface area contributed by atoms with E-state index in [9.17, 15) is 24.0 Å². The van der Waals surface area contributed by atoms with Crippen molar-refractivity contribution in [1.82, 2.24) is 31.2 Å². The van der Waals surface area contributed by atoms with E-state index in [4.69, 9.17) is 11.2 Å². The molecule has 50 heavy (non-hydrogen) atoms. The number of carbonyl (C=O) groups is 5. The Morgan fingerprint density at radius 3 is 2.48 bits per heavy atom. The smallest absolute Gasteiger partial charge is 0.315 e. The number of pyridine rings is 1. The monoisotopic (exact) mass is 690 g/mol. The van der Waals surface area contributed by atoms with Crippen LogP contribution in [0.4, 0.5) is 4.79 Å². The van der Waals surface area contributed by atoms with Crippen molar-refractivity contribution in [1.29, 1.82) is 0 Å². The number of Topliss-reactive ketones (excluding diaryl/α,β-unsaturated/α-hetero) is 1. The van der Waals surface area contributed by atoms with Gasteiger partial charge in [-0.05, 0) is 57.1 Å². The molecule has 4 rings (SSSR count). The summed E-state index contributed by atoms with van der Waals surface area (Å²) >= 11 is 0. The highest BCUT2D eigenvalue weighted by Gasteiger charge is 2.57. The first-order chi connectivity index (χ1) is 23.6. The van der Waals surface area contributed by atoms with Crippen LogP contribution in [0.1, 0.15) is 91.7 Å². The normalized spacial score (nSPS) is 23.4. The molecule has 0 radical (unpaired) electrons. The molecule has 1 saturated carbocycles. The van der Waals surface area contributed by atoms with Gasteiger partial charge in [0.15, 0.2) is 0 Å². The van der Waals surface area contributed by atoms with Gasteiger partial charge in [-0.1, -0.05) is 52.2 Å². The Labute approximate surface area is 296 Å². The van der Waals surface area contributed by atoms with E-state index in [-0.39, 0.29) is 31.8 Å². The Morgan fingerprint density at radius 2 is 1.86 bits per heavy atom. The van der Waals surface area contributed by atoms with Gasteiger partial charge in [0.25, 0.3) is 5.91 Å². The van der Waals surface area contributed by atoms with Crippen molar-refractivity contribution in [2.24, 2.45) is 11.3 Å². The van der Waals surface area contributed by atoms with E-state index >= 15 is 0 Å². The number of likely N-dealkylation sites (tertiary alicyclic amines) is 1. The average molecular weight is 691 g/mol. The van der Waals surface area contributed by atoms with Crippen LogP contribution in [-0.2, 0) is 30.3 Å². The highest BCUT2D eigenvalue weighted by atomic mass is 16.5. The third-order valence-corrected chi connectivity index (χ3v) is 10.0. The molecule has 1 aromatic heterocycles. The molecule has 2 aliphatic heterocycles. The fourth-order valence-corrected chi connectivity index (χ4v) is 7.64. The molecule has 3 aliphatic rings. The van der Waals surface area contributed by atoms with E-state index in [0.29, 0.717) is 12.8 Å². The number of terminal acetylenes is 1. The van der Waals surface area contributed by atoms with Gasteiger partial charge in [0.1, 0.15) is 12.1 Å². The minimum absolute atomic E-state index is 0.0476. The lowest BCUT2D eigenvalue weighted by Crippen LogP contribution is -2.63. The van der Waals surface area contributed by atoms with Crippen molar-refractivity contribution < 1.29 is 28.7 Å². The van der Waals surface area contributed by atoms with Crippen LogP contribution < -0.4 is 21.3 Å². The summed E-state index contributed by atoms with van der Waals surface area (Å²) in [5.74, 6) is -0.612. The zero-order valence-corrected chi connectivity index (χ0v) is 30.2. The molecule has 4 N–H and O–H groups in total. The van der Waals surface area contributed by atoms with Gasteiger partial charge < -0.3 is 30.9 Å². The topological polar surface area (TPSA) is 159 Å². The maximum atomic E-state index is 14.6. The number of carbonyl (C=O) groups excluding carboxylic acids is 5. The average Bonchev–Trinajstić information content (AvgIpc) is 3.55. The number of hydrogen-bond donors (Lipinski definition) is 4. The number of rotatable bonds is 13. The van der Waals surface area contributed by atoms with E-state index in [1.807, 2.05) is 52.8 Å². The Balaban J connectivity index is 1.58. The van der Waals surface area contributed by atoms with E-state index in [1.165, 1.54) is 11.0 Å². The van der Waals surface area contributed by atoms with Gasteiger partial charge in [0.2, 0.25) is 17.6 Å². The van der Waals surface area contributed by atoms with Crippen molar-refractivity contribution in [2.45, 2.75) is 128 Å². The Kier molecular flexibility index (Phi) is 12.5. The van der Waals surface area contributed by atoms with Crippen molar-refractivity contribution in [3.05, 3.63) is 42.7 Å². The largest absolute Gasteiger partial charge is 0.370 e. The Hall–Kier alpha value is -4.24. The number of fused-ring (bicyclic) bond motifs is 1. The minimum Gasteiger partial charge on any atom is -0.370 e. The first-order valence-corrected chi connectivity index (χ1v) is 17.7. The summed E-state index contributed by atoms with van der Waals surface area (Å²) < 4.78 is 6.30. The summed E-state index contributed by atoms with van der Waals surface area (Å²) in [6.07, 6.45) is 14.1. The third-order valence-electron chi connectivity index (χ3n) is 10.0. The van der Waals surface area contributed by atoms with Gasteiger partial charge in [0, 0.05) is 49.3 Å². The molecule has 1 unspecified atom stereocenters. The van der Waals surface area contributed by atoms with Gasteiger partial charge in [-0.2, -0.15) is 0 Å². The van der Waals surface area contributed by atoms with Crippen LogP contribution >= 0.6 is 0 Å². The van der Waals surface area contributed by atoms with Gasteiger partial charge in [-0.25, -0.2) is 4.79 Å². The number of ketones is 1. The highest BCUT2D eigenvalue weighted by molar-refractivity contribution is 6.38. The summed E-state index contributed by atoms with van der Waals surface area (Å²) in [7, 11) is 0. The molecule has 5 atom stereocenters. The molecule has 3 heterocycles. The Bertz CT molecular complexity index is 1460. The molecule has 1 aromatic rings. The number of nitrogens with one attached hydrogen (secondary N) is 4. The van der Waals surface area contributed by atoms with Gasteiger partial charge in [-0.15, -0.1) is 18.9 Å². The lowest BCUT2D eigenvalue weighted by atomic mass is 9.78. The number of ether oxygens (including phenoxy) is 1. The van der Waals surface area contributed by atoms with Crippen molar-refractivity contribution in [3.63, 3.8) is 0 Å². The molecule has 12 nitrogen and oxygen atoms in total. The summed E-state index contributed by atoms with van der Waals surface area (Å²) in [4.78, 5) is 74.3. The lowest BCUT2D eigenvalue weighted by molar-refractivity contribution is -0.145. The molecule has 0 spiro atoms. The van der Waals surface area contributed by atoms with E-state index < -0.39 is 70.3 Å². The first kappa shape index (κ1) is 38.6. The van der Waals surface area contributed by atoms with Crippen LogP contribution in [0.5, 0.6) is 0 Å². The predicted octanol–water partition coefficient (Wildman–Crippen LogP) is 3.20. The number of nitrogens with zero attached hydrogens (tertiary/aromatic N) is 2. The fraction of sp³-hybridized carbons (Fsp3) is 0.632. The molecule has 2 saturated heterocycles. The van der Waals surface area contributed by atoms with Crippen LogP contribution in [0, 0.1) is 23.7 Å². The van der Waals surface area contributed by atoms with Crippen molar-refractivity contribution >= 4 is 29.5 Å². The molecule has 12 heteroatoms. The molecule has 3 fully saturated rings. The fourth-order valence-electron chi connectivity index (χ4n) is 7.64. The summed E-state index contributed by atoms with van der Waals surface area (Å²) in [6.45, 7) is 13.2. The maximum Gasteiger partial charge on any atom is 0.315 e. The van der Waals surface area contributed by atoms with Crippen LogP contribution in [0.15, 0.2) is 37.1 Å². The molecular weight excluding hydrogens is 636 g/mol. The van der Waals surface area contributed by atoms with Crippen LogP contribution in [0.2, 0.25) is 0 Å². The summed E-state index contributed by atoms with van der Waals surface area (Å²) in [5, 5.41) is 11.4. The standard InChI is InChI=1S/C38H54N6O6/c1-8-10-17-27(30(45)33(47)40-20-9-2)41-32(46)29-26-23-37(6,7)50-28(26)24-44(29)34(48)31(36(3,4)5)42-35(49)43-38(18-13-11-14-19-38)22-25-16-12-15-21-39-25/h1,9,12,15-16,21,26-29,31H,2,10-11,13-14,17-20,22-24H2,3-7H3,(H,40,47)(H,41,46)(H2,42,43,49)/t26-,27?,28-,29-,31+/m0/s1. The molecule has 1 aliphatic carbocycles. The molecule has 272 valence electrons. The van der Waals surface area contributed by atoms with Crippen LogP contribution in [0.3, 0.4) is 0 Å². The van der Waals surface area contributed by atoms with E-state index in [2.05, 4.69) is 38.8 Å². The summed E-state index contributed by atoms with van der Waals surface area (Å²) in [5.41, 5.74) is -0.888. The van der Waals surface area contributed by atoms with Crippen LogP contribution in [-0.4, -0.2) is 87.9 Å². The van der Waals surface area contributed by atoms with E-state index in [1.54, 1.807) is 6.20 Å². The molecule has 5 amide bonds.